The van der Waals surface area contributed by atoms with E-state index in [1.807, 2.05) is 18.4 Å². The highest BCUT2D eigenvalue weighted by atomic mass is 32.1. The van der Waals surface area contributed by atoms with Gasteiger partial charge in [0.15, 0.2) is 0 Å². The Balaban J connectivity index is 1.86. The van der Waals surface area contributed by atoms with Gasteiger partial charge < -0.3 is 10.6 Å². The van der Waals surface area contributed by atoms with Crippen LogP contribution >= 0.6 is 11.3 Å². The summed E-state index contributed by atoms with van der Waals surface area (Å²) in [6.45, 7) is 3.97. The van der Waals surface area contributed by atoms with Crippen LogP contribution in [0, 0.1) is 5.92 Å². The zero-order chi connectivity index (χ0) is 11.4. The topological polar surface area (TPSA) is 41.1 Å². The van der Waals surface area contributed by atoms with Gasteiger partial charge in [0.05, 0.1) is 6.04 Å². The van der Waals surface area contributed by atoms with Crippen molar-refractivity contribution >= 4 is 17.2 Å². The minimum absolute atomic E-state index is 0.141. The summed E-state index contributed by atoms with van der Waals surface area (Å²) < 4.78 is 0. The minimum Gasteiger partial charge on any atom is -0.349 e. The average molecular weight is 238 g/mol. The molecule has 1 fully saturated rings. The van der Waals surface area contributed by atoms with Crippen molar-refractivity contribution in [3.05, 3.63) is 22.4 Å². The maximum absolute atomic E-state index is 12.0. The maximum atomic E-state index is 12.0. The first kappa shape index (κ1) is 11.6. The molecular formula is C12H18N2OS. The molecule has 88 valence electrons. The van der Waals surface area contributed by atoms with Gasteiger partial charge in [-0.15, -0.1) is 11.3 Å². The summed E-state index contributed by atoms with van der Waals surface area (Å²) in [5.41, 5.74) is 0. The fourth-order valence-electron chi connectivity index (χ4n) is 2.02. The second-order valence-corrected chi connectivity index (χ2v) is 5.25. The lowest BCUT2D eigenvalue weighted by molar-refractivity contribution is -0.126. The summed E-state index contributed by atoms with van der Waals surface area (Å²) in [6, 6.07) is 4.23. The Morgan fingerprint density at radius 1 is 1.56 bits per heavy atom. The monoisotopic (exact) mass is 238 g/mol. The van der Waals surface area contributed by atoms with Crippen molar-refractivity contribution in [1.29, 1.82) is 0 Å². The van der Waals surface area contributed by atoms with E-state index in [2.05, 4.69) is 16.7 Å². The van der Waals surface area contributed by atoms with E-state index in [1.165, 1.54) is 4.88 Å². The van der Waals surface area contributed by atoms with Gasteiger partial charge in [0, 0.05) is 10.8 Å². The first-order valence-corrected chi connectivity index (χ1v) is 6.70. The highest BCUT2D eigenvalue weighted by molar-refractivity contribution is 7.10. The predicted octanol–water partition coefficient (Wildman–Crippen LogP) is 1.92. The molecule has 2 N–H and O–H groups in total. The van der Waals surface area contributed by atoms with Crippen molar-refractivity contribution in [2.24, 2.45) is 5.92 Å². The van der Waals surface area contributed by atoms with Crippen LogP contribution in [-0.2, 0) is 4.79 Å². The van der Waals surface area contributed by atoms with Gasteiger partial charge in [-0.1, -0.05) is 6.07 Å². The molecule has 0 saturated carbocycles. The molecule has 1 aliphatic heterocycles. The fourth-order valence-corrected chi connectivity index (χ4v) is 2.76. The smallest absolute Gasteiger partial charge is 0.223 e. The van der Waals surface area contributed by atoms with E-state index in [9.17, 15) is 4.79 Å². The van der Waals surface area contributed by atoms with Gasteiger partial charge in [0.25, 0.3) is 0 Å². The van der Waals surface area contributed by atoms with Crippen molar-refractivity contribution in [3.63, 3.8) is 0 Å². The van der Waals surface area contributed by atoms with Gasteiger partial charge in [-0.05, 0) is 44.3 Å². The molecule has 0 spiro atoms. The number of carbonyl (C=O) groups is 1. The zero-order valence-corrected chi connectivity index (χ0v) is 10.3. The molecule has 1 aliphatic rings. The molecule has 1 saturated heterocycles. The molecule has 0 aliphatic carbocycles. The van der Waals surface area contributed by atoms with E-state index in [0.29, 0.717) is 0 Å². The summed E-state index contributed by atoms with van der Waals surface area (Å²) in [5, 5.41) is 8.41. The Hall–Kier alpha value is -0.870. The molecule has 1 aromatic heterocycles. The van der Waals surface area contributed by atoms with Crippen LogP contribution in [0.4, 0.5) is 0 Å². The van der Waals surface area contributed by atoms with E-state index < -0.39 is 0 Å². The summed E-state index contributed by atoms with van der Waals surface area (Å²) >= 11 is 1.69. The lowest BCUT2D eigenvalue weighted by Crippen LogP contribution is -2.38. The minimum atomic E-state index is 0.141. The first-order chi connectivity index (χ1) is 7.77. The molecule has 0 aromatic carbocycles. The summed E-state index contributed by atoms with van der Waals surface area (Å²) in [5.74, 6) is 0.408. The van der Waals surface area contributed by atoms with Gasteiger partial charge in [-0.3, -0.25) is 4.79 Å². The summed E-state index contributed by atoms with van der Waals surface area (Å²) in [6.07, 6.45) is 1.92. The highest BCUT2D eigenvalue weighted by Crippen LogP contribution is 2.20. The Morgan fingerprint density at radius 2 is 2.31 bits per heavy atom. The van der Waals surface area contributed by atoms with E-state index in [1.54, 1.807) is 11.3 Å². The highest BCUT2D eigenvalue weighted by Gasteiger charge is 2.22. The van der Waals surface area contributed by atoms with Crippen LogP contribution in [0.1, 0.15) is 30.7 Å². The van der Waals surface area contributed by atoms with E-state index in [-0.39, 0.29) is 17.9 Å². The Kier molecular flexibility index (Phi) is 3.96. The van der Waals surface area contributed by atoms with Crippen LogP contribution in [0.25, 0.3) is 0 Å². The van der Waals surface area contributed by atoms with Crippen LogP contribution in [0.5, 0.6) is 0 Å². The number of piperidine rings is 1. The fraction of sp³-hybridized carbons (Fsp3) is 0.583. The molecule has 16 heavy (non-hydrogen) atoms. The van der Waals surface area contributed by atoms with Gasteiger partial charge in [-0.25, -0.2) is 0 Å². The molecule has 2 heterocycles. The van der Waals surface area contributed by atoms with E-state index in [4.69, 9.17) is 0 Å². The number of nitrogens with one attached hydrogen (secondary N) is 2. The van der Waals surface area contributed by atoms with Crippen LogP contribution in [-0.4, -0.2) is 19.0 Å². The molecule has 0 radical (unpaired) electrons. The number of thiophene rings is 1. The number of hydrogen-bond donors (Lipinski definition) is 2. The molecule has 2 rings (SSSR count). The lowest BCUT2D eigenvalue weighted by Gasteiger charge is -2.23. The Labute approximate surface area is 100 Å². The summed E-state index contributed by atoms with van der Waals surface area (Å²) in [4.78, 5) is 13.2. The van der Waals surface area contributed by atoms with Gasteiger partial charge in [0.1, 0.15) is 0 Å². The average Bonchev–Trinajstić information content (AvgIpc) is 2.83. The van der Waals surface area contributed by atoms with Crippen LogP contribution in [0.3, 0.4) is 0 Å². The van der Waals surface area contributed by atoms with Crippen molar-refractivity contribution < 1.29 is 4.79 Å². The summed E-state index contributed by atoms with van der Waals surface area (Å²) in [7, 11) is 0. The molecule has 3 nitrogen and oxygen atoms in total. The Morgan fingerprint density at radius 3 is 2.94 bits per heavy atom. The van der Waals surface area contributed by atoms with Crippen molar-refractivity contribution in [2.75, 3.05) is 13.1 Å². The number of rotatable bonds is 3. The van der Waals surface area contributed by atoms with Crippen molar-refractivity contribution in [1.82, 2.24) is 10.6 Å². The zero-order valence-electron chi connectivity index (χ0n) is 9.53. The van der Waals surface area contributed by atoms with E-state index in [0.717, 1.165) is 25.9 Å². The second-order valence-electron chi connectivity index (χ2n) is 4.27. The van der Waals surface area contributed by atoms with Gasteiger partial charge in [-0.2, -0.15) is 0 Å². The largest absolute Gasteiger partial charge is 0.349 e. The van der Waals surface area contributed by atoms with Crippen LogP contribution in [0.15, 0.2) is 17.5 Å². The number of carbonyl (C=O) groups excluding carboxylic acids is 1. The third-order valence-electron chi connectivity index (χ3n) is 3.04. The Bertz CT molecular complexity index is 331. The number of hydrogen-bond acceptors (Lipinski definition) is 3. The first-order valence-electron chi connectivity index (χ1n) is 5.82. The van der Waals surface area contributed by atoms with Gasteiger partial charge >= 0.3 is 0 Å². The third kappa shape index (κ3) is 2.83. The van der Waals surface area contributed by atoms with Crippen molar-refractivity contribution in [3.8, 4) is 0 Å². The molecule has 0 unspecified atom stereocenters. The molecule has 4 heteroatoms. The lowest BCUT2D eigenvalue weighted by atomic mass is 9.97. The van der Waals surface area contributed by atoms with E-state index >= 15 is 0 Å². The van der Waals surface area contributed by atoms with Crippen LogP contribution in [0.2, 0.25) is 0 Å². The molecule has 0 bridgehead atoms. The normalized spacial score (nSPS) is 19.3. The SMILES string of the molecule is C[C@@H](NC(=O)C1CCNCC1)c1cccs1. The number of amides is 1. The quantitative estimate of drug-likeness (QED) is 0.845. The third-order valence-corrected chi connectivity index (χ3v) is 4.09. The molecule has 1 aromatic rings. The van der Waals surface area contributed by atoms with Gasteiger partial charge in [0.2, 0.25) is 5.91 Å². The molecular weight excluding hydrogens is 220 g/mol. The van der Waals surface area contributed by atoms with Crippen molar-refractivity contribution in [2.45, 2.75) is 25.8 Å². The predicted molar refractivity (Wildman–Crippen MR) is 66.5 cm³/mol. The molecule has 1 amide bonds. The second kappa shape index (κ2) is 5.46. The maximum Gasteiger partial charge on any atom is 0.223 e. The standard InChI is InChI=1S/C12H18N2OS/c1-9(11-3-2-8-16-11)14-12(15)10-4-6-13-7-5-10/h2-3,8-10,13H,4-7H2,1H3,(H,14,15)/t9-/m1/s1. The molecule has 1 atom stereocenters. The van der Waals surface area contributed by atoms with Crippen LogP contribution < -0.4 is 10.6 Å².